The Morgan fingerprint density at radius 3 is 1.79 bits per heavy atom. The molecule has 2 aromatic carbocycles. The number of nitrogens with zero attached hydrogens (tertiary/aromatic N) is 3. The number of nitro benzene ring substituents is 1. The van der Waals surface area contributed by atoms with Crippen LogP contribution in [0.5, 0.6) is 5.75 Å². The van der Waals surface area contributed by atoms with Crippen molar-refractivity contribution < 1.29 is 19.2 Å². The molecule has 34 heavy (non-hydrogen) atoms. The van der Waals surface area contributed by atoms with Gasteiger partial charge in [-0.05, 0) is 56.2 Å². The molecule has 0 bridgehead atoms. The Hall–Kier alpha value is -3.55. The summed E-state index contributed by atoms with van der Waals surface area (Å²) in [5.41, 5.74) is 1.70. The van der Waals surface area contributed by atoms with Crippen LogP contribution in [0.3, 0.4) is 0 Å². The zero-order chi connectivity index (χ0) is 24.6. The van der Waals surface area contributed by atoms with Crippen molar-refractivity contribution in [3.8, 4) is 5.75 Å². The predicted molar refractivity (Wildman–Crippen MR) is 132 cm³/mol. The van der Waals surface area contributed by atoms with E-state index in [1.807, 2.05) is 24.3 Å². The van der Waals surface area contributed by atoms with E-state index in [2.05, 4.69) is 16.8 Å². The fourth-order valence-corrected chi connectivity index (χ4v) is 3.11. The van der Waals surface area contributed by atoms with Gasteiger partial charge in [0, 0.05) is 17.7 Å². The maximum Gasteiger partial charge on any atom is 0.333 e. The summed E-state index contributed by atoms with van der Waals surface area (Å²) < 4.78 is 10.9. The number of benzene rings is 2. The molecule has 0 amide bonds. The molecule has 2 rings (SSSR count). The van der Waals surface area contributed by atoms with Crippen molar-refractivity contribution in [1.29, 1.82) is 0 Å². The van der Waals surface area contributed by atoms with Crippen LogP contribution in [0, 0.1) is 10.1 Å². The van der Waals surface area contributed by atoms with Gasteiger partial charge in [0.2, 0.25) is 0 Å². The van der Waals surface area contributed by atoms with Crippen LogP contribution in [-0.4, -0.2) is 24.1 Å². The summed E-state index contributed by atoms with van der Waals surface area (Å²) in [4.78, 5) is 21.5. The highest BCUT2D eigenvalue weighted by Crippen LogP contribution is 2.23. The smallest absolute Gasteiger partial charge is 0.333 e. The van der Waals surface area contributed by atoms with E-state index in [1.54, 1.807) is 19.1 Å². The summed E-state index contributed by atoms with van der Waals surface area (Å²) in [5, 5.41) is 18.9. The van der Waals surface area contributed by atoms with Gasteiger partial charge >= 0.3 is 5.97 Å². The van der Waals surface area contributed by atoms with Crippen molar-refractivity contribution in [2.24, 2.45) is 10.2 Å². The number of carbonyl (C=O) groups is 1. The topological polar surface area (TPSA) is 103 Å². The average molecular weight is 468 g/mol. The first-order chi connectivity index (χ1) is 16.5. The van der Waals surface area contributed by atoms with E-state index in [4.69, 9.17) is 9.47 Å². The molecule has 8 nitrogen and oxygen atoms in total. The number of azo groups is 1. The standard InChI is InChI=1S/C26H33N3O5/c1-21(2)26(30)34-20-10-8-6-4-3-5-7-9-19-33-25-17-13-23(14-18-25)28-27-22-11-15-24(16-12-22)29(31)32/h11-18H,1,3-10,19-20H2,2H3. The third kappa shape index (κ3) is 10.8. The van der Waals surface area contributed by atoms with Crippen molar-refractivity contribution in [3.63, 3.8) is 0 Å². The van der Waals surface area contributed by atoms with Gasteiger partial charge in [-0.3, -0.25) is 10.1 Å². The Bertz CT molecular complexity index is 940. The average Bonchev–Trinajstić information content (AvgIpc) is 2.84. The van der Waals surface area contributed by atoms with E-state index in [0.29, 0.717) is 30.2 Å². The molecule has 0 unspecified atom stereocenters. The van der Waals surface area contributed by atoms with Crippen LogP contribution < -0.4 is 4.74 Å². The van der Waals surface area contributed by atoms with E-state index in [-0.39, 0.29) is 11.7 Å². The minimum absolute atomic E-state index is 0.0243. The lowest BCUT2D eigenvalue weighted by atomic mass is 10.1. The van der Waals surface area contributed by atoms with Crippen LogP contribution in [0.4, 0.5) is 17.1 Å². The van der Waals surface area contributed by atoms with Crippen molar-refractivity contribution in [2.45, 2.75) is 58.3 Å². The molecule has 0 saturated carbocycles. The summed E-state index contributed by atoms with van der Waals surface area (Å²) in [6, 6.07) is 13.3. The van der Waals surface area contributed by atoms with Crippen LogP contribution in [0.15, 0.2) is 70.9 Å². The number of nitro groups is 1. The highest BCUT2D eigenvalue weighted by atomic mass is 16.6. The van der Waals surface area contributed by atoms with Crippen molar-refractivity contribution in [3.05, 3.63) is 70.8 Å². The minimum Gasteiger partial charge on any atom is -0.494 e. The molecule has 0 aliphatic heterocycles. The zero-order valence-electron chi connectivity index (χ0n) is 19.8. The monoisotopic (exact) mass is 467 g/mol. The quantitative estimate of drug-likeness (QED) is 0.0630. The van der Waals surface area contributed by atoms with Gasteiger partial charge in [-0.25, -0.2) is 4.79 Å². The third-order valence-electron chi connectivity index (χ3n) is 5.07. The predicted octanol–water partition coefficient (Wildman–Crippen LogP) is 7.63. The molecular weight excluding hydrogens is 434 g/mol. The lowest BCUT2D eigenvalue weighted by molar-refractivity contribution is -0.384. The second-order valence-corrected chi connectivity index (χ2v) is 8.06. The van der Waals surface area contributed by atoms with Gasteiger partial charge in [0.15, 0.2) is 0 Å². The van der Waals surface area contributed by atoms with Gasteiger partial charge in [-0.2, -0.15) is 10.2 Å². The number of ether oxygens (including phenoxy) is 2. The minimum atomic E-state index is -0.447. The molecular formula is C26H33N3O5. The Morgan fingerprint density at radius 2 is 1.29 bits per heavy atom. The molecule has 0 N–H and O–H groups in total. The SMILES string of the molecule is C=C(C)C(=O)OCCCCCCCCCCOc1ccc(N=Nc2ccc([N+](=O)[O-])cc2)cc1. The van der Waals surface area contributed by atoms with Gasteiger partial charge in [0.25, 0.3) is 5.69 Å². The van der Waals surface area contributed by atoms with E-state index >= 15 is 0 Å². The van der Waals surface area contributed by atoms with Gasteiger partial charge in [0.05, 0.1) is 29.5 Å². The van der Waals surface area contributed by atoms with Gasteiger partial charge in [0.1, 0.15) is 5.75 Å². The molecule has 0 fully saturated rings. The lowest BCUT2D eigenvalue weighted by Crippen LogP contribution is -2.05. The number of unbranched alkanes of at least 4 members (excludes halogenated alkanes) is 7. The normalized spacial score (nSPS) is 10.9. The molecule has 0 radical (unpaired) electrons. The number of hydrogen-bond donors (Lipinski definition) is 0. The lowest BCUT2D eigenvalue weighted by Gasteiger charge is -2.06. The highest BCUT2D eigenvalue weighted by Gasteiger charge is 2.04. The zero-order valence-corrected chi connectivity index (χ0v) is 19.8. The van der Waals surface area contributed by atoms with E-state index < -0.39 is 4.92 Å². The van der Waals surface area contributed by atoms with E-state index in [9.17, 15) is 14.9 Å². The first-order valence-corrected chi connectivity index (χ1v) is 11.7. The van der Waals surface area contributed by atoms with E-state index in [1.165, 1.54) is 31.4 Å². The van der Waals surface area contributed by atoms with Gasteiger partial charge in [-0.1, -0.05) is 45.1 Å². The Balaban J connectivity index is 1.50. The van der Waals surface area contributed by atoms with Crippen LogP contribution in [0.2, 0.25) is 0 Å². The molecule has 0 saturated heterocycles. The summed E-state index contributed by atoms with van der Waals surface area (Å²) in [5.74, 6) is 0.491. The maximum absolute atomic E-state index is 11.3. The summed E-state index contributed by atoms with van der Waals surface area (Å²) >= 11 is 0. The molecule has 8 heteroatoms. The number of carbonyl (C=O) groups excluding carboxylic acids is 1. The number of hydrogen-bond acceptors (Lipinski definition) is 7. The van der Waals surface area contributed by atoms with Crippen LogP contribution in [0.1, 0.15) is 58.3 Å². The first kappa shape index (κ1) is 26.7. The molecule has 0 aliphatic carbocycles. The second-order valence-electron chi connectivity index (χ2n) is 8.06. The van der Waals surface area contributed by atoms with Crippen molar-refractivity contribution in [2.75, 3.05) is 13.2 Å². The highest BCUT2D eigenvalue weighted by molar-refractivity contribution is 5.86. The van der Waals surface area contributed by atoms with Crippen LogP contribution in [0.25, 0.3) is 0 Å². The maximum atomic E-state index is 11.3. The Morgan fingerprint density at radius 1 is 0.824 bits per heavy atom. The molecule has 0 atom stereocenters. The summed E-state index contributed by atoms with van der Waals surface area (Å²) in [6.07, 6.45) is 8.90. The Kier molecular flexibility index (Phi) is 12.0. The molecule has 0 aromatic heterocycles. The summed E-state index contributed by atoms with van der Waals surface area (Å²) in [6.45, 7) is 6.38. The number of esters is 1. The van der Waals surface area contributed by atoms with Gasteiger partial charge < -0.3 is 9.47 Å². The fraction of sp³-hybridized carbons (Fsp3) is 0.423. The largest absolute Gasteiger partial charge is 0.494 e. The van der Waals surface area contributed by atoms with Gasteiger partial charge in [-0.15, -0.1) is 0 Å². The molecule has 0 aliphatic rings. The molecule has 2 aromatic rings. The third-order valence-corrected chi connectivity index (χ3v) is 5.07. The molecule has 0 heterocycles. The van der Waals surface area contributed by atoms with E-state index in [0.717, 1.165) is 37.9 Å². The van der Waals surface area contributed by atoms with Crippen molar-refractivity contribution >= 4 is 23.0 Å². The van der Waals surface area contributed by atoms with Crippen molar-refractivity contribution in [1.82, 2.24) is 0 Å². The Labute approximate surface area is 200 Å². The first-order valence-electron chi connectivity index (χ1n) is 11.7. The molecule has 0 spiro atoms. The number of rotatable bonds is 16. The molecule has 182 valence electrons. The second kappa shape index (κ2) is 15.3. The summed E-state index contributed by atoms with van der Waals surface area (Å²) in [7, 11) is 0. The van der Waals surface area contributed by atoms with Crippen LogP contribution in [-0.2, 0) is 9.53 Å². The number of non-ortho nitro benzene ring substituents is 1. The fourth-order valence-electron chi connectivity index (χ4n) is 3.11. The van der Waals surface area contributed by atoms with Crippen LogP contribution >= 0.6 is 0 Å².